The van der Waals surface area contributed by atoms with Crippen LogP contribution in [-0.4, -0.2) is 40.9 Å². The molecule has 1 aromatic heterocycles. The Bertz CT molecular complexity index is 477. The lowest BCUT2D eigenvalue weighted by Crippen LogP contribution is -2.33. The first-order valence-corrected chi connectivity index (χ1v) is 6.39. The number of rotatable bonds is 5. The van der Waals surface area contributed by atoms with Gasteiger partial charge in [-0.1, -0.05) is 0 Å². The van der Waals surface area contributed by atoms with Crippen LogP contribution in [0.15, 0.2) is 6.07 Å². The van der Waals surface area contributed by atoms with E-state index < -0.39 is 5.91 Å². The minimum atomic E-state index is -0.639. The molecule has 19 heavy (non-hydrogen) atoms. The summed E-state index contributed by atoms with van der Waals surface area (Å²) in [5, 5.41) is 6.77. The average Bonchev–Trinajstić information content (AvgIpc) is 3.04. The van der Waals surface area contributed by atoms with E-state index in [2.05, 4.69) is 10.4 Å². The number of nitrogens with zero attached hydrogens (tertiary/aromatic N) is 2. The number of carbonyl (C=O) groups is 2. The Kier molecular flexibility index (Phi) is 4.16. The van der Waals surface area contributed by atoms with Crippen molar-refractivity contribution in [3.05, 3.63) is 17.5 Å². The van der Waals surface area contributed by atoms with Crippen LogP contribution in [-0.2, 0) is 11.3 Å². The van der Waals surface area contributed by atoms with Gasteiger partial charge < -0.3 is 15.8 Å². The molecular weight excluding hydrogens is 248 g/mol. The fourth-order valence-electron chi connectivity index (χ4n) is 2.06. The summed E-state index contributed by atoms with van der Waals surface area (Å²) < 4.78 is 6.89. The average molecular weight is 266 g/mol. The predicted molar refractivity (Wildman–Crippen MR) is 67.7 cm³/mol. The highest BCUT2D eigenvalue weighted by Crippen LogP contribution is 2.11. The van der Waals surface area contributed by atoms with Crippen LogP contribution < -0.4 is 11.1 Å². The van der Waals surface area contributed by atoms with E-state index in [1.807, 2.05) is 6.92 Å². The number of aromatic nitrogens is 2. The standard InChI is InChI=1S/C12H18N4O3/c1-2-16-10(6-9(15-16)11(13)17)12(18)14-7-8-4-3-5-19-8/h6,8H,2-5,7H2,1H3,(H2,13,17)(H,14,18). The van der Waals surface area contributed by atoms with Gasteiger partial charge in [0, 0.05) is 25.8 Å². The molecule has 0 spiro atoms. The quantitative estimate of drug-likeness (QED) is 0.778. The molecule has 7 heteroatoms. The highest BCUT2D eigenvalue weighted by Gasteiger charge is 2.20. The molecule has 2 heterocycles. The van der Waals surface area contributed by atoms with E-state index >= 15 is 0 Å². The van der Waals surface area contributed by atoms with Gasteiger partial charge in [-0.25, -0.2) is 0 Å². The van der Waals surface area contributed by atoms with Crippen molar-refractivity contribution in [1.82, 2.24) is 15.1 Å². The molecule has 1 aliphatic rings. The van der Waals surface area contributed by atoms with E-state index in [-0.39, 0.29) is 17.7 Å². The summed E-state index contributed by atoms with van der Waals surface area (Å²) in [6.07, 6.45) is 2.07. The summed E-state index contributed by atoms with van der Waals surface area (Å²) >= 11 is 0. The summed E-state index contributed by atoms with van der Waals surface area (Å²) in [6, 6.07) is 1.41. The number of hydrogen-bond donors (Lipinski definition) is 2. The van der Waals surface area contributed by atoms with Crippen LogP contribution >= 0.6 is 0 Å². The number of aryl methyl sites for hydroxylation is 1. The lowest BCUT2D eigenvalue weighted by atomic mass is 10.2. The van der Waals surface area contributed by atoms with Crippen LogP contribution in [0.2, 0.25) is 0 Å². The van der Waals surface area contributed by atoms with Crippen molar-refractivity contribution in [1.29, 1.82) is 0 Å². The lowest BCUT2D eigenvalue weighted by Gasteiger charge is -2.11. The first-order chi connectivity index (χ1) is 9.11. The van der Waals surface area contributed by atoms with Gasteiger partial charge in [0.2, 0.25) is 0 Å². The maximum Gasteiger partial charge on any atom is 0.269 e. The fourth-order valence-corrected chi connectivity index (χ4v) is 2.06. The zero-order valence-electron chi connectivity index (χ0n) is 10.9. The zero-order chi connectivity index (χ0) is 13.8. The van der Waals surface area contributed by atoms with Gasteiger partial charge in [0.05, 0.1) is 6.10 Å². The molecule has 1 saturated heterocycles. The third-order valence-electron chi connectivity index (χ3n) is 3.08. The number of hydrogen-bond acceptors (Lipinski definition) is 4. The molecule has 1 aromatic rings. The summed E-state index contributed by atoms with van der Waals surface area (Å²) in [4.78, 5) is 23.1. The number of amides is 2. The molecule has 0 saturated carbocycles. The molecule has 1 unspecified atom stereocenters. The van der Waals surface area contributed by atoms with Crippen molar-refractivity contribution in [2.75, 3.05) is 13.2 Å². The topological polar surface area (TPSA) is 99.2 Å². The Morgan fingerprint density at radius 2 is 2.42 bits per heavy atom. The van der Waals surface area contributed by atoms with E-state index in [9.17, 15) is 9.59 Å². The molecule has 1 fully saturated rings. The van der Waals surface area contributed by atoms with Gasteiger partial charge in [-0.2, -0.15) is 5.10 Å². The van der Waals surface area contributed by atoms with Gasteiger partial charge in [-0.3, -0.25) is 14.3 Å². The van der Waals surface area contributed by atoms with Gasteiger partial charge in [0.1, 0.15) is 5.69 Å². The Morgan fingerprint density at radius 1 is 1.63 bits per heavy atom. The van der Waals surface area contributed by atoms with Crippen LogP contribution in [0.5, 0.6) is 0 Å². The molecular formula is C12H18N4O3. The van der Waals surface area contributed by atoms with Crippen molar-refractivity contribution in [3.8, 4) is 0 Å². The second kappa shape index (κ2) is 5.83. The van der Waals surface area contributed by atoms with E-state index in [1.165, 1.54) is 10.7 Å². The van der Waals surface area contributed by atoms with Gasteiger partial charge in [-0.15, -0.1) is 0 Å². The number of carbonyl (C=O) groups excluding carboxylic acids is 2. The number of primary amides is 1. The minimum absolute atomic E-state index is 0.0811. The lowest BCUT2D eigenvalue weighted by molar-refractivity contribution is 0.0849. The molecule has 7 nitrogen and oxygen atoms in total. The van der Waals surface area contributed by atoms with Crippen molar-refractivity contribution < 1.29 is 14.3 Å². The van der Waals surface area contributed by atoms with Gasteiger partial charge >= 0.3 is 0 Å². The normalized spacial score (nSPS) is 18.5. The fraction of sp³-hybridized carbons (Fsp3) is 0.583. The smallest absolute Gasteiger partial charge is 0.269 e. The van der Waals surface area contributed by atoms with E-state index in [4.69, 9.17) is 10.5 Å². The Hall–Kier alpha value is -1.89. The molecule has 3 N–H and O–H groups in total. The Morgan fingerprint density at radius 3 is 3.00 bits per heavy atom. The molecule has 2 amide bonds. The third-order valence-corrected chi connectivity index (χ3v) is 3.08. The SMILES string of the molecule is CCn1nc(C(N)=O)cc1C(=O)NCC1CCCO1. The largest absolute Gasteiger partial charge is 0.376 e. The highest BCUT2D eigenvalue weighted by molar-refractivity contribution is 5.97. The van der Waals surface area contributed by atoms with Crippen molar-refractivity contribution in [2.24, 2.45) is 5.73 Å². The second-order valence-electron chi connectivity index (χ2n) is 4.44. The maximum absolute atomic E-state index is 12.0. The monoisotopic (exact) mass is 266 g/mol. The van der Waals surface area contributed by atoms with Crippen LogP contribution in [0.25, 0.3) is 0 Å². The molecule has 0 aliphatic carbocycles. The van der Waals surface area contributed by atoms with Crippen LogP contribution in [0.4, 0.5) is 0 Å². The van der Waals surface area contributed by atoms with Gasteiger partial charge in [0.15, 0.2) is 5.69 Å². The number of ether oxygens (including phenoxy) is 1. The third kappa shape index (κ3) is 3.11. The predicted octanol–water partition coefficient (Wildman–Crippen LogP) is -0.0893. The van der Waals surface area contributed by atoms with E-state index in [0.29, 0.717) is 18.8 Å². The molecule has 104 valence electrons. The zero-order valence-corrected chi connectivity index (χ0v) is 10.9. The molecule has 0 bridgehead atoms. The van der Waals surface area contributed by atoms with Crippen LogP contribution in [0, 0.1) is 0 Å². The second-order valence-corrected chi connectivity index (χ2v) is 4.44. The summed E-state index contributed by atoms with van der Waals surface area (Å²) in [5.41, 5.74) is 5.60. The Labute approximate surface area is 111 Å². The minimum Gasteiger partial charge on any atom is -0.376 e. The van der Waals surface area contributed by atoms with Crippen LogP contribution in [0.3, 0.4) is 0 Å². The molecule has 1 aliphatic heterocycles. The number of nitrogens with two attached hydrogens (primary N) is 1. The van der Waals surface area contributed by atoms with Gasteiger partial charge in [0.25, 0.3) is 11.8 Å². The van der Waals surface area contributed by atoms with Gasteiger partial charge in [-0.05, 0) is 19.8 Å². The van der Waals surface area contributed by atoms with Crippen molar-refractivity contribution in [3.63, 3.8) is 0 Å². The van der Waals surface area contributed by atoms with E-state index in [0.717, 1.165) is 19.4 Å². The van der Waals surface area contributed by atoms with Crippen molar-refractivity contribution in [2.45, 2.75) is 32.4 Å². The molecule has 1 atom stereocenters. The van der Waals surface area contributed by atoms with Crippen molar-refractivity contribution >= 4 is 11.8 Å². The Balaban J connectivity index is 2.02. The summed E-state index contributed by atoms with van der Waals surface area (Å²) in [7, 11) is 0. The summed E-state index contributed by atoms with van der Waals surface area (Å²) in [6.45, 7) is 3.56. The van der Waals surface area contributed by atoms with E-state index in [1.54, 1.807) is 0 Å². The first kappa shape index (κ1) is 13.5. The maximum atomic E-state index is 12.0. The molecule has 0 aromatic carbocycles. The highest BCUT2D eigenvalue weighted by atomic mass is 16.5. The summed E-state index contributed by atoms with van der Waals surface area (Å²) in [5.74, 6) is -0.905. The number of nitrogens with one attached hydrogen (secondary N) is 1. The first-order valence-electron chi connectivity index (χ1n) is 6.39. The van der Waals surface area contributed by atoms with Crippen LogP contribution in [0.1, 0.15) is 40.7 Å². The molecule has 0 radical (unpaired) electrons. The molecule has 2 rings (SSSR count).